The molecule has 2 rings (SSSR count). The van der Waals surface area contributed by atoms with Crippen LogP contribution in [-0.4, -0.2) is 25.4 Å². The van der Waals surface area contributed by atoms with E-state index in [2.05, 4.69) is 15.9 Å². The first kappa shape index (κ1) is 14.6. The molecular weight excluding hydrogens is 310 g/mol. The minimum absolute atomic E-state index is 0.315. The third-order valence-corrected chi connectivity index (χ3v) is 4.55. The third-order valence-electron chi connectivity index (χ3n) is 3.86. The number of aliphatic hydroxyl groups is 1. The van der Waals surface area contributed by atoms with Gasteiger partial charge in [-0.25, -0.2) is 0 Å². The van der Waals surface area contributed by atoms with Crippen molar-refractivity contribution >= 4 is 15.9 Å². The lowest BCUT2D eigenvalue weighted by Gasteiger charge is -2.34. The molecule has 0 aromatic heterocycles. The summed E-state index contributed by atoms with van der Waals surface area (Å²) in [6, 6.07) is 3.23. The Hall–Kier alpha value is -0.780. The highest BCUT2D eigenvalue weighted by Gasteiger charge is 2.32. The fourth-order valence-corrected chi connectivity index (χ4v) is 2.97. The van der Waals surface area contributed by atoms with Crippen LogP contribution in [0.2, 0.25) is 0 Å². The fraction of sp³-hybridized carbons (Fsp3) is 0.571. The molecule has 0 bridgehead atoms. The highest BCUT2D eigenvalue weighted by Crippen LogP contribution is 2.39. The predicted molar refractivity (Wildman–Crippen MR) is 77.5 cm³/mol. The highest BCUT2D eigenvalue weighted by atomic mass is 79.9. The van der Waals surface area contributed by atoms with Crippen LogP contribution in [0, 0.1) is 5.92 Å². The van der Waals surface area contributed by atoms with Gasteiger partial charge >= 0.3 is 0 Å². The molecule has 5 heteroatoms. The molecule has 0 spiro atoms. The summed E-state index contributed by atoms with van der Waals surface area (Å²) < 4.78 is 11.3. The van der Waals surface area contributed by atoms with Crippen molar-refractivity contribution < 1.29 is 14.6 Å². The van der Waals surface area contributed by atoms with Crippen LogP contribution in [0.25, 0.3) is 0 Å². The number of methoxy groups -OCH3 is 2. The largest absolute Gasteiger partial charge is 0.493 e. The van der Waals surface area contributed by atoms with E-state index in [1.54, 1.807) is 14.2 Å². The number of aliphatic hydroxyl groups excluding tert-OH is 1. The number of rotatable bonds is 5. The average molecular weight is 330 g/mol. The minimum Gasteiger partial charge on any atom is -0.493 e. The van der Waals surface area contributed by atoms with Gasteiger partial charge in [0.2, 0.25) is 0 Å². The Balaban J connectivity index is 2.27. The number of hydrogen-bond donors (Lipinski definition) is 2. The maximum atomic E-state index is 10.3. The molecule has 0 saturated heterocycles. The Bertz CT molecular complexity index is 449. The SMILES string of the molecule is COc1cc(Br)c([C@@H](N)[C@@H](O)C2CCC2)cc1OC. The smallest absolute Gasteiger partial charge is 0.161 e. The lowest BCUT2D eigenvalue weighted by atomic mass is 9.77. The Labute approximate surface area is 122 Å². The summed E-state index contributed by atoms with van der Waals surface area (Å²) in [5.41, 5.74) is 7.03. The molecule has 3 N–H and O–H groups in total. The van der Waals surface area contributed by atoms with E-state index in [0.717, 1.165) is 22.9 Å². The average Bonchev–Trinajstić information content (AvgIpc) is 2.35. The number of ether oxygens (including phenoxy) is 2. The third kappa shape index (κ3) is 2.88. The van der Waals surface area contributed by atoms with E-state index >= 15 is 0 Å². The van der Waals surface area contributed by atoms with Crippen molar-refractivity contribution in [3.05, 3.63) is 22.2 Å². The van der Waals surface area contributed by atoms with Crippen molar-refractivity contribution in [1.29, 1.82) is 0 Å². The summed E-state index contributed by atoms with van der Waals surface area (Å²) in [7, 11) is 3.18. The molecule has 106 valence electrons. The second kappa shape index (κ2) is 6.11. The van der Waals surface area contributed by atoms with Crippen LogP contribution in [0.3, 0.4) is 0 Å². The standard InChI is InChI=1S/C14H20BrNO3/c1-18-11-6-9(10(15)7-12(11)19-2)13(16)14(17)8-4-3-5-8/h6-8,13-14,17H,3-5,16H2,1-2H3/t13-,14+/m1/s1. The monoisotopic (exact) mass is 329 g/mol. The van der Waals surface area contributed by atoms with Crippen LogP contribution in [0.1, 0.15) is 30.9 Å². The molecule has 1 fully saturated rings. The first-order valence-corrected chi connectivity index (χ1v) is 7.22. The van der Waals surface area contributed by atoms with Crippen molar-refractivity contribution in [3.8, 4) is 11.5 Å². The van der Waals surface area contributed by atoms with Gasteiger partial charge < -0.3 is 20.3 Å². The van der Waals surface area contributed by atoms with Crippen LogP contribution >= 0.6 is 15.9 Å². The molecule has 1 aliphatic carbocycles. The number of benzene rings is 1. The molecule has 0 aliphatic heterocycles. The van der Waals surface area contributed by atoms with Crippen LogP contribution in [0.5, 0.6) is 11.5 Å². The highest BCUT2D eigenvalue weighted by molar-refractivity contribution is 9.10. The molecule has 1 aromatic rings. The number of halogens is 1. The van der Waals surface area contributed by atoms with E-state index < -0.39 is 12.1 Å². The van der Waals surface area contributed by atoms with E-state index in [1.807, 2.05) is 12.1 Å². The van der Waals surface area contributed by atoms with E-state index in [4.69, 9.17) is 15.2 Å². The lowest BCUT2D eigenvalue weighted by molar-refractivity contribution is 0.0411. The molecule has 0 unspecified atom stereocenters. The predicted octanol–water partition coefficient (Wildman–Crippen LogP) is 2.63. The zero-order valence-electron chi connectivity index (χ0n) is 11.2. The molecule has 2 atom stereocenters. The van der Waals surface area contributed by atoms with Crippen LogP contribution in [-0.2, 0) is 0 Å². The van der Waals surface area contributed by atoms with Gasteiger partial charge in [-0.3, -0.25) is 0 Å². The maximum absolute atomic E-state index is 10.3. The van der Waals surface area contributed by atoms with E-state index in [-0.39, 0.29) is 0 Å². The van der Waals surface area contributed by atoms with Gasteiger partial charge in [-0.1, -0.05) is 22.4 Å². The summed E-state index contributed by atoms with van der Waals surface area (Å²) >= 11 is 3.48. The Morgan fingerprint density at radius 2 is 1.84 bits per heavy atom. The second-order valence-electron chi connectivity index (χ2n) is 4.94. The van der Waals surface area contributed by atoms with Gasteiger partial charge in [-0.2, -0.15) is 0 Å². The number of nitrogens with two attached hydrogens (primary N) is 1. The van der Waals surface area contributed by atoms with Crippen molar-refractivity contribution in [3.63, 3.8) is 0 Å². The van der Waals surface area contributed by atoms with Gasteiger partial charge in [-0.05, 0) is 36.5 Å². The zero-order valence-corrected chi connectivity index (χ0v) is 12.8. The van der Waals surface area contributed by atoms with E-state index in [0.29, 0.717) is 17.4 Å². The summed E-state index contributed by atoms with van der Waals surface area (Å²) in [5.74, 6) is 1.58. The van der Waals surface area contributed by atoms with E-state index in [9.17, 15) is 5.11 Å². The molecule has 4 nitrogen and oxygen atoms in total. The van der Waals surface area contributed by atoms with Crippen molar-refractivity contribution in [2.24, 2.45) is 11.7 Å². The second-order valence-corrected chi connectivity index (χ2v) is 5.79. The fourth-order valence-electron chi connectivity index (χ4n) is 2.38. The molecule has 1 aliphatic rings. The molecule has 19 heavy (non-hydrogen) atoms. The van der Waals surface area contributed by atoms with Crippen molar-refractivity contribution in [2.75, 3.05) is 14.2 Å². The van der Waals surface area contributed by atoms with Gasteiger partial charge in [0.05, 0.1) is 26.4 Å². The minimum atomic E-state index is -0.511. The summed E-state index contributed by atoms with van der Waals surface area (Å²) in [5, 5.41) is 10.3. The Kier molecular flexibility index (Phi) is 4.71. The lowest BCUT2D eigenvalue weighted by Crippen LogP contribution is -2.36. The van der Waals surface area contributed by atoms with Gasteiger partial charge in [0, 0.05) is 4.47 Å². The molecular formula is C14H20BrNO3. The summed E-state index contributed by atoms with van der Waals surface area (Å²) in [6.07, 6.45) is 2.78. The van der Waals surface area contributed by atoms with Crippen LogP contribution in [0.4, 0.5) is 0 Å². The van der Waals surface area contributed by atoms with Gasteiger partial charge in [0.1, 0.15) is 0 Å². The first-order chi connectivity index (χ1) is 9.08. The van der Waals surface area contributed by atoms with Crippen molar-refractivity contribution in [1.82, 2.24) is 0 Å². The van der Waals surface area contributed by atoms with Crippen molar-refractivity contribution in [2.45, 2.75) is 31.4 Å². The molecule has 0 radical (unpaired) electrons. The zero-order chi connectivity index (χ0) is 14.0. The molecule has 1 aromatic carbocycles. The first-order valence-electron chi connectivity index (χ1n) is 6.43. The quantitative estimate of drug-likeness (QED) is 0.871. The van der Waals surface area contributed by atoms with Gasteiger partial charge in [0.15, 0.2) is 11.5 Å². The molecule has 0 heterocycles. The molecule has 1 saturated carbocycles. The van der Waals surface area contributed by atoms with Crippen LogP contribution < -0.4 is 15.2 Å². The van der Waals surface area contributed by atoms with Crippen LogP contribution in [0.15, 0.2) is 16.6 Å². The Morgan fingerprint density at radius 1 is 1.26 bits per heavy atom. The molecule has 0 amide bonds. The van der Waals surface area contributed by atoms with E-state index in [1.165, 1.54) is 6.42 Å². The summed E-state index contributed by atoms with van der Waals surface area (Å²) in [4.78, 5) is 0. The summed E-state index contributed by atoms with van der Waals surface area (Å²) in [6.45, 7) is 0. The number of hydrogen-bond acceptors (Lipinski definition) is 4. The Morgan fingerprint density at radius 3 is 2.32 bits per heavy atom. The topological polar surface area (TPSA) is 64.7 Å². The van der Waals surface area contributed by atoms with Gasteiger partial charge in [-0.15, -0.1) is 0 Å². The maximum Gasteiger partial charge on any atom is 0.161 e. The normalized spacial score (nSPS) is 18.6. The van der Waals surface area contributed by atoms with Gasteiger partial charge in [0.25, 0.3) is 0 Å².